The summed E-state index contributed by atoms with van der Waals surface area (Å²) in [5.74, 6) is 0. The zero-order valence-electron chi connectivity index (χ0n) is 12.1. The van der Waals surface area contributed by atoms with E-state index in [0.717, 1.165) is 29.3 Å². The highest BCUT2D eigenvalue weighted by molar-refractivity contribution is 9.09. The Bertz CT molecular complexity index is 578. The minimum atomic E-state index is -3.41. The van der Waals surface area contributed by atoms with E-state index in [1.54, 1.807) is 12.1 Å². The maximum Gasteiger partial charge on any atom is 0.240 e. The lowest BCUT2D eigenvalue weighted by Gasteiger charge is -2.26. The molecule has 1 aromatic carbocycles. The molecule has 0 radical (unpaired) electrons. The molecule has 0 aromatic heterocycles. The van der Waals surface area contributed by atoms with E-state index >= 15 is 0 Å². The predicted molar refractivity (Wildman–Crippen MR) is 85.8 cm³/mol. The Labute approximate surface area is 130 Å². The quantitative estimate of drug-likeness (QED) is 0.817. The lowest BCUT2D eigenvalue weighted by atomic mass is 9.89. The second-order valence-corrected chi connectivity index (χ2v) is 8.24. The van der Waals surface area contributed by atoms with Crippen LogP contribution in [0.3, 0.4) is 0 Å². The number of hydrogen-bond donors (Lipinski definition) is 1. The second-order valence-electron chi connectivity index (χ2n) is 5.91. The van der Waals surface area contributed by atoms with Gasteiger partial charge in [0.05, 0.1) is 4.90 Å². The van der Waals surface area contributed by atoms with Crippen LogP contribution in [0.15, 0.2) is 23.1 Å². The molecule has 0 aliphatic heterocycles. The number of hydrogen-bond acceptors (Lipinski definition) is 2. The summed E-state index contributed by atoms with van der Waals surface area (Å²) in [4.78, 5) is 0.364. The average molecular weight is 360 g/mol. The molecule has 1 aliphatic rings. The van der Waals surface area contributed by atoms with Crippen LogP contribution in [0, 0.1) is 19.3 Å². The van der Waals surface area contributed by atoms with Crippen LogP contribution in [-0.4, -0.2) is 20.3 Å². The summed E-state index contributed by atoms with van der Waals surface area (Å²) in [5.41, 5.74) is 2.20. The van der Waals surface area contributed by atoms with Gasteiger partial charge < -0.3 is 0 Å². The van der Waals surface area contributed by atoms with E-state index in [0.29, 0.717) is 11.4 Å². The van der Waals surface area contributed by atoms with Crippen molar-refractivity contribution in [2.75, 3.05) is 11.9 Å². The fraction of sp³-hybridized carbons (Fsp3) is 0.600. The van der Waals surface area contributed by atoms with Crippen molar-refractivity contribution < 1.29 is 8.42 Å². The molecule has 0 unspecified atom stereocenters. The first-order chi connectivity index (χ1) is 9.38. The minimum Gasteiger partial charge on any atom is -0.211 e. The van der Waals surface area contributed by atoms with Crippen molar-refractivity contribution in [2.24, 2.45) is 5.41 Å². The molecule has 0 atom stereocenters. The van der Waals surface area contributed by atoms with Gasteiger partial charge in [-0.15, -0.1) is 0 Å². The molecule has 5 heteroatoms. The molecule has 3 nitrogen and oxygen atoms in total. The molecule has 1 aliphatic carbocycles. The molecule has 2 rings (SSSR count). The standard InChI is InChI=1S/C15H22BrNO2S/c1-12-5-6-14(9-13(12)2)20(18,19)17-11-15(10-16)7-3-4-8-15/h5-6,9,17H,3-4,7-8,10-11H2,1-2H3. The number of alkyl halides is 1. The maximum atomic E-state index is 12.4. The van der Waals surface area contributed by atoms with Gasteiger partial charge in [-0.25, -0.2) is 13.1 Å². The third kappa shape index (κ3) is 3.43. The number of rotatable bonds is 5. The summed E-state index contributed by atoms with van der Waals surface area (Å²) in [6, 6.07) is 5.28. The van der Waals surface area contributed by atoms with Gasteiger partial charge in [-0.2, -0.15) is 0 Å². The summed E-state index contributed by atoms with van der Waals surface area (Å²) in [6.07, 6.45) is 4.56. The number of nitrogens with one attached hydrogen (secondary N) is 1. The van der Waals surface area contributed by atoms with E-state index in [9.17, 15) is 8.42 Å². The van der Waals surface area contributed by atoms with Gasteiger partial charge in [-0.3, -0.25) is 0 Å². The van der Waals surface area contributed by atoms with E-state index < -0.39 is 10.0 Å². The van der Waals surface area contributed by atoms with E-state index in [-0.39, 0.29) is 5.41 Å². The molecule has 1 saturated carbocycles. The molecule has 112 valence electrons. The van der Waals surface area contributed by atoms with Crippen LogP contribution in [0.25, 0.3) is 0 Å². The van der Waals surface area contributed by atoms with Gasteiger partial charge in [0.15, 0.2) is 0 Å². The van der Waals surface area contributed by atoms with Crippen molar-refractivity contribution in [1.82, 2.24) is 4.72 Å². The number of aryl methyl sites for hydroxylation is 2. The molecule has 1 N–H and O–H groups in total. The molecule has 20 heavy (non-hydrogen) atoms. The van der Waals surface area contributed by atoms with Gasteiger partial charge in [0.25, 0.3) is 0 Å². The summed E-state index contributed by atoms with van der Waals surface area (Å²) < 4.78 is 27.6. The third-order valence-electron chi connectivity index (χ3n) is 4.37. The van der Waals surface area contributed by atoms with Gasteiger partial charge in [0.1, 0.15) is 0 Å². The normalized spacial score (nSPS) is 18.4. The number of halogens is 1. The zero-order valence-corrected chi connectivity index (χ0v) is 14.5. The Hall–Kier alpha value is -0.390. The largest absolute Gasteiger partial charge is 0.240 e. The SMILES string of the molecule is Cc1ccc(S(=O)(=O)NCC2(CBr)CCCC2)cc1C. The highest BCUT2D eigenvalue weighted by atomic mass is 79.9. The molecular formula is C15H22BrNO2S. The molecule has 0 heterocycles. The molecule has 0 spiro atoms. The zero-order chi connectivity index (χ0) is 14.8. The van der Waals surface area contributed by atoms with Crippen molar-refractivity contribution in [1.29, 1.82) is 0 Å². The highest BCUT2D eigenvalue weighted by Crippen LogP contribution is 2.39. The van der Waals surface area contributed by atoms with Crippen LogP contribution in [0.5, 0.6) is 0 Å². The van der Waals surface area contributed by atoms with Gasteiger partial charge in [0, 0.05) is 11.9 Å². The first-order valence-corrected chi connectivity index (χ1v) is 9.62. The van der Waals surface area contributed by atoms with E-state index in [2.05, 4.69) is 20.7 Å². The van der Waals surface area contributed by atoms with Gasteiger partial charge in [0.2, 0.25) is 10.0 Å². The molecule has 0 bridgehead atoms. The number of sulfonamides is 1. The number of benzene rings is 1. The average Bonchev–Trinajstić information content (AvgIpc) is 2.89. The Morgan fingerprint density at radius 1 is 1.20 bits per heavy atom. The summed E-state index contributed by atoms with van der Waals surface area (Å²) >= 11 is 3.54. The van der Waals surface area contributed by atoms with Crippen LogP contribution in [0.4, 0.5) is 0 Å². The van der Waals surface area contributed by atoms with Gasteiger partial charge in [-0.05, 0) is 55.4 Å². The molecule has 0 saturated heterocycles. The monoisotopic (exact) mass is 359 g/mol. The fourth-order valence-corrected chi connectivity index (χ4v) is 4.70. The topological polar surface area (TPSA) is 46.2 Å². The van der Waals surface area contributed by atoms with Crippen LogP contribution in [-0.2, 0) is 10.0 Å². The van der Waals surface area contributed by atoms with Crippen LogP contribution < -0.4 is 4.72 Å². The first-order valence-electron chi connectivity index (χ1n) is 7.01. The second kappa shape index (κ2) is 6.16. The van der Waals surface area contributed by atoms with Crippen molar-refractivity contribution in [3.8, 4) is 0 Å². The Morgan fingerprint density at radius 2 is 1.85 bits per heavy atom. The summed E-state index contributed by atoms with van der Waals surface area (Å²) in [5, 5.41) is 0.857. The maximum absolute atomic E-state index is 12.4. The lowest BCUT2D eigenvalue weighted by Crippen LogP contribution is -2.37. The van der Waals surface area contributed by atoms with Crippen LogP contribution in [0.2, 0.25) is 0 Å². The van der Waals surface area contributed by atoms with Crippen molar-refractivity contribution >= 4 is 26.0 Å². The lowest BCUT2D eigenvalue weighted by molar-refractivity contribution is 0.347. The molecule has 1 aromatic rings. The predicted octanol–water partition coefficient (Wildman–Crippen LogP) is 3.54. The van der Waals surface area contributed by atoms with E-state index in [1.807, 2.05) is 19.9 Å². The molecule has 1 fully saturated rings. The molecular weight excluding hydrogens is 338 g/mol. The fourth-order valence-electron chi connectivity index (χ4n) is 2.70. The third-order valence-corrected chi connectivity index (χ3v) is 6.96. The van der Waals surface area contributed by atoms with Gasteiger partial charge in [-0.1, -0.05) is 34.8 Å². The summed E-state index contributed by atoms with van der Waals surface area (Å²) in [6.45, 7) is 4.44. The van der Waals surface area contributed by atoms with E-state index in [4.69, 9.17) is 0 Å². The first kappa shape index (κ1) is 16.0. The van der Waals surface area contributed by atoms with Crippen molar-refractivity contribution in [3.05, 3.63) is 29.3 Å². The molecule has 0 amide bonds. The minimum absolute atomic E-state index is 0.0901. The Morgan fingerprint density at radius 3 is 2.40 bits per heavy atom. The van der Waals surface area contributed by atoms with Crippen molar-refractivity contribution in [2.45, 2.75) is 44.4 Å². The van der Waals surface area contributed by atoms with E-state index in [1.165, 1.54) is 12.8 Å². The van der Waals surface area contributed by atoms with Crippen LogP contribution in [0.1, 0.15) is 36.8 Å². The van der Waals surface area contributed by atoms with Gasteiger partial charge >= 0.3 is 0 Å². The Balaban J connectivity index is 2.13. The van der Waals surface area contributed by atoms with Crippen LogP contribution >= 0.6 is 15.9 Å². The summed E-state index contributed by atoms with van der Waals surface area (Å²) in [7, 11) is -3.41. The smallest absolute Gasteiger partial charge is 0.211 e. The highest BCUT2D eigenvalue weighted by Gasteiger charge is 2.34. The Kier molecular flexibility index (Phi) is 4.92. The van der Waals surface area contributed by atoms with Crippen molar-refractivity contribution in [3.63, 3.8) is 0 Å².